The monoisotopic (exact) mass is 375 g/mol. The number of carbonyl (C=O) groups excluding carboxylic acids is 2. The van der Waals surface area contributed by atoms with Gasteiger partial charge in [0.15, 0.2) is 0 Å². The lowest BCUT2D eigenvalue weighted by Crippen LogP contribution is -2.29. The van der Waals surface area contributed by atoms with Crippen LogP contribution in [-0.4, -0.2) is 42.3 Å². The van der Waals surface area contributed by atoms with Crippen LogP contribution in [0.3, 0.4) is 0 Å². The molecule has 1 fully saturated rings. The van der Waals surface area contributed by atoms with E-state index in [4.69, 9.17) is 32.7 Å². The molecule has 0 atom stereocenters. The number of ether oxygens (including phenoxy) is 2. The summed E-state index contributed by atoms with van der Waals surface area (Å²) in [5, 5.41) is 1.52. The molecular formula is C15H15Cl2NO4S. The number of carbonyl (C=O) groups is 2. The summed E-state index contributed by atoms with van der Waals surface area (Å²) in [4.78, 5) is 24.9. The normalized spacial score (nSPS) is 16.0. The van der Waals surface area contributed by atoms with Crippen molar-refractivity contribution in [2.75, 3.05) is 25.5 Å². The fourth-order valence-electron chi connectivity index (χ4n) is 1.89. The van der Waals surface area contributed by atoms with Crippen LogP contribution in [0.1, 0.15) is 6.92 Å². The second-order valence-corrected chi connectivity index (χ2v) is 6.33. The highest BCUT2D eigenvalue weighted by molar-refractivity contribution is 8.04. The van der Waals surface area contributed by atoms with Crippen molar-refractivity contribution in [3.63, 3.8) is 0 Å². The summed E-state index contributed by atoms with van der Waals surface area (Å²) in [6.45, 7) is 2.55. The number of hydrogen-bond donors (Lipinski definition) is 0. The molecule has 1 amide bonds. The molecular weight excluding hydrogens is 361 g/mol. The summed E-state index contributed by atoms with van der Waals surface area (Å²) in [5.74, 6) is 0.206. The van der Waals surface area contributed by atoms with E-state index < -0.39 is 5.97 Å². The van der Waals surface area contributed by atoms with Gasteiger partial charge in [-0.1, -0.05) is 35.0 Å². The minimum absolute atomic E-state index is 0.0775. The van der Waals surface area contributed by atoms with Crippen molar-refractivity contribution in [3.05, 3.63) is 39.3 Å². The van der Waals surface area contributed by atoms with Crippen LogP contribution in [0.4, 0.5) is 0 Å². The van der Waals surface area contributed by atoms with Crippen LogP contribution < -0.4 is 4.74 Å². The molecule has 2 rings (SSSR count). The number of benzene rings is 1. The smallest absolute Gasteiger partial charge is 0.333 e. The summed E-state index contributed by atoms with van der Waals surface area (Å²) in [7, 11) is 0. The van der Waals surface area contributed by atoms with Gasteiger partial charge in [-0.25, -0.2) is 4.79 Å². The van der Waals surface area contributed by atoms with Gasteiger partial charge in [0.25, 0.3) is 0 Å². The lowest BCUT2D eigenvalue weighted by Gasteiger charge is -2.17. The van der Waals surface area contributed by atoms with E-state index in [1.54, 1.807) is 25.1 Å². The van der Waals surface area contributed by atoms with E-state index in [2.05, 4.69) is 0 Å². The first kappa shape index (κ1) is 18.0. The van der Waals surface area contributed by atoms with Crippen LogP contribution in [0.5, 0.6) is 5.75 Å². The maximum Gasteiger partial charge on any atom is 0.333 e. The van der Waals surface area contributed by atoms with Gasteiger partial charge in [0, 0.05) is 11.1 Å². The van der Waals surface area contributed by atoms with Gasteiger partial charge in [0.05, 0.1) is 35.0 Å². The number of esters is 1. The lowest BCUT2D eigenvalue weighted by molar-refractivity contribution is -0.137. The predicted octanol–water partition coefficient (Wildman–Crippen LogP) is 3.35. The first-order chi connectivity index (χ1) is 11.0. The van der Waals surface area contributed by atoms with Gasteiger partial charge >= 0.3 is 5.97 Å². The first-order valence-electron chi connectivity index (χ1n) is 6.90. The molecule has 1 aliphatic heterocycles. The minimum atomic E-state index is -0.464. The topological polar surface area (TPSA) is 55.8 Å². The second-order valence-electron chi connectivity index (χ2n) is 4.49. The summed E-state index contributed by atoms with van der Waals surface area (Å²) in [6.07, 6.45) is 1.32. The van der Waals surface area contributed by atoms with Gasteiger partial charge in [-0.05, 0) is 19.1 Å². The molecule has 8 heteroatoms. The van der Waals surface area contributed by atoms with Gasteiger partial charge in [-0.3, -0.25) is 4.79 Å². The second kappa shape index (κ2) is 8.47. The molecule has 0 unspecified atom stereocenters. The molecule has 1 heterocycles. The summed E-state index contributed by atoms with van der Waals surface area (Å²) < 4.78 is 10.4. The van der Waals surface area contributed by atoms with Gasteiger partial charge in [0.1, 0.15) is 12.4 Å². The Hall–Kier alpha value is -1.37. The van der Waals surface area contributed by atoms with E-state index in [1.807, 2.05) is 0 Å². The highest BCUT2D eigenvalue weighted by Crippen LogP contribution is 2.30. The van der Waals surface area contributed by atoms with E-state index in [9.17, 15) is 9.59 Å². The Kier molecular flexibility index (Phi) is 6.62. The number of halogens is 2. The van der Waals surface area contributed by atoms with Crippen LogP contribution in [0.2, 0.25) is 10.0 Å². The molecule has 1 aliphatic rings. The number of nitrogens with zero attached hydrogens (tertiary/aromatic N) is 1. The number of amides is 1. The predicted molar refractivity (Wildman–Crippen MR) is 90.8 cm³/mol. The molecule has 1 saturated heterocycles. The molecule has 0 spiro atoms. The Bertz CT molecular complexity index is 636. The Balaban J connectivity index is 1.96. The molecule has 1 aromatic rings. The molecule has 0 saturated carbocycles. The molecule has 5 nitrogen and oxygen atoms in total. The van der Waals surface area contributed by atoms with Gasteiger partial charge in [0.2, 0.25) is 5.91 Å². The Morgan fingerprint density at radius 3 is 2.96 bits per heavy atom. The quantitative estimate of drug-likeness (QED) is 0.563. The lowest BCUT2D eigenvalue weighted by atomic mass is 10.3. The molecule has 0 bridgehead atoms. The van der Waals surface area contributed by atoms with Crippen LogP contribution in [-0.2, 0) is 14.3 Å². The molecule has 0 radical (unpaired) electrons. The molecule has 1 aromatic carbocycles. The molecule has 0 N–H and O–H groups in total. The molecule has 23 heavy (non-hydrogen) atoms. The van der Waals surface area contributed by atoms with Crippen molar-refractivity contribution < 1.29 is 19.1 Å². The number of thioether (sulfide) groups is 1. The summed E-state index contributed by atoms with van der Waals surface area (Å²) >= 11 is 13.2. The zero-order chi connectivity index (χ0) is 16.8. The SMILES string of the molecule is CCOC(=O)/C=C1\SCC(=O)N1CCOc1cc(Cl)ccc1Cl. The van der Waals surface area contributed by atoms with Crippen molar-refractivity contribution >= 4 is 46.8 Å². The van der Waals surface area contributed by atoms with Gasteiger partial charge in [-0.2, -0.15) is 0 Å². The third-order valence-electron chi connectivity index (χ3n) is 2.90. The van der Waals surface area contributed by atoms with E-state index in [0.717, 1.165) is 0 Å². The largest absolute Gasteiger partial charge is 0.490 e. The molecule has 0 aliphatic carbocycles. The zero-order valence-corrected chi connectivity index (χ0v) is 14.7. The summed E-state index contributed by atoms with van der Waals surface area (Å²) in [5.41, 5.74) is 0. The zero-order valence-electron chi connectivity index (χ0n) is 12.4. The summed E-state index contributed by atoms with van der Waals surface area (Å²) in [6, 6.07) is 4.92. The maximum atomic E-state index is 11.9. The van der Waals surface area contributed by atoms with Gasteiger partial charge < -0.3 is 14.4 Å². The van der Waals surface area contributed by atoms with Crippen molar-refractivity contribution in [2.45, 2.75) is 6.92 Å². The van der Waals surface area contributed by atoms with Crippen LogP contribution in [0.15, 0.2) is 29.3 Å². The van der Waals surface area contributed by atoms with E-state index in [-0.39, 0.29) is 19.1 Å². The maximum absolute atomic E-state index is 11.9. The van der Waals surface area contributed by atoms with Crippen LogP contribution in [0.25, 0.3) is 0 Å². The minimum Gasteiger partial charge on any atom is -0.490 e. The molecule has 0 aromatic heterocycles. The van der Waals surface area contributed by atoms with Gasteiger partial charge in [-0.15, -0.1) is 0 Å². The van der Waals surface area contributed by atoms with Crippen molar-refractivity contribution in [1.29, 1.82) is 0 Å². The Labute approximate surface area is 148 Å². The fraction of sp³-hybridized carbons (Fsp3) is 0.333. The Morgan fingerprint density at radius 2 is 2.22 bits per heavy atom. The van der Waals surface area contributed by atoms with E-state index >= 15 is 0 Å². The third kappa shape index (κ3) is 5.06. The van der Waals surface area contributed by atoms with Crippen molar-refractivity contribution in [3.8, 4) is 5.75 Å². The van der Waals surface area contributed by atoms with Crippen LogP contribution in [0, 0.1) is 0 Å². The standard InChI is InChI=1S/C15H15Cl2NO4S/c1-2-21-15(20)8-14-18(13(19)9-23-14)5-6-22-12-7-10(16)3-4-11(12)17/h3-4,7-8H,2,5-6,9H2,1H3/b14-8-. The van der Waals surface area contributed by atoms with Crippen molar-refractivity contribution in [1.82, 2.24) is 4.90 Å². The van der Waals surface area contributed by atoms with E-state index in [0.29, 0.717) is 33.1 Å². The highest BCUT2D eigenvalue weighted by atomic mass is 35.5. The fourth-order valence-corrected chi connectivity index (χ4v) is 3.18. The average molecular weight is 376 g/mol. The number of hydrogen-bond acceptors (Lipinski definition) is 5. The van der Waals surface area contributed by atoms with E-state index in [1.165, 1.54) is 22.7 Å². The van der Waals surface area contributed by atoms with Crippen LogP contribution >= 0.6 is 35.0 Å². The first-order valence-corrected chi connectivity index (χ1v) is 8.65. The Morgan fingerprint density at radius 1 is 1.43 bits per heavy atom. The van der Waals surface area contributed by atoms with Crippen molar-refractivity contribution in [2.24, 2.45) is 0 Å². The average Bonchev–Trinajstić information content (AvgIpc) is 2.84. The number of rotatable bonds is 6. The molecule has 124 valence electrons. The third-order valence-corrected chi connectivity index (χ3v) is 4.48. The highest BCUT2D eigenvalue weighted by Gasteiger charge is 2.27.